The van der Waals surface area contributed by atoms with E-state index >= 15 is 0 Å². The van der Waals surface area contributed by atoms with Crippen molar-refractivity contribution in [1.82, 2.24) is 4.90 Å². The Hall–Kier alpha value is -1.62. The lowest BCUT2D eigenvalue weighted by Gasteiger charge is -2.34. The molecule has 1 heterocycles. The number of likely N-dealkylation sites (tertiary alicyclic amines) is 1. The number of carbonyl (C=O) groups excluding carboxylic acids is 1. The predicted molar refractivity (Wildman–Crippen MR) is 68.3 cm³/mol. The summed E-state index contributed by atoms with van der Waals surface area (Å²) in [6, 6.07) is 5.53. The lowest BCUT2D eigenvalue weighted by molar-refractivity contribution is -0.137. The molecule has 0 bridgehead atoms. The largest absolute Gasteiger partial charge is 0.484 e. The average molecular weight is 267 g/mol. The van der Waals surface area contributed by atoms with Crippen LogP contribution in [0.3, 0.4) is 0 Å². The second kappa shape index (κ2) is 6.02. The van der Waals surface area contributed by atoms with E-state index in [2.05, 4.69) is 0 Å². The summed E-state index contributed by atoms with van der Waals surface area (Å²) < 4.78 is 18.0. The number of hydrogen-bond donors (Lipinski definition) is 1. The predicted octanol–water partition coefficient (Wildman–Crippen LogP) is 1.43. The van der Waals surface area contributed by atoms with Gasteiger partial charge in [0, 0.05) is 13.1 Å². The van der Waals surface area contributed by atoms with Gasteiger partial charge in [-0.05, 0) is 36.6 Å². The van der Waals surface area contributed by atoms with Gasteiger partial charge < -0.3 is 14.7 Å². The first-order valence-corrected chi connectivity index (χ1v) is 6.40. The zero-order valence-electron chi connectivity index (χ0n) is 10.9. The highest BCUT2D eigenvalue weighted by atomic mass is 19.1. The van der Waals surface area contributed by atoms with Crippen LogP contribution in [-0.4, -0.2) is 41.7 Å². The smallest absolute Gasteiger partial charge is 0.260 e. The molecule has 1 amide bonds. The molecule has 0 spiro atoms. The number of hydrogen-bond acceptors (Lipinski definition) is 3. The molecule has 2 atom stereocenters. The van der Waals surface area contributed by atoms with Crippen LogP contribution >= 0.6 is 0 Å². The van der Waals surface area contributed by atoms with Gasteiger partial charge in [0.1, 0.15) is 11.6 Å². The third-order valence-electron chi connectivity index (χ3n) is 3.45. The highest BCUT2D eigenvalue weighted by molar-refractivity contribution is 5.77. The minimum atomic E-state index is -0.469. The minimum absolute atomic E-state index is 0.0905. The Balaban J connectivity index is 1.83. The Morgan fingerprint density at radius 2 is 2.16 bits per heavy atom. The van der Waals surface area contributed by atoms with Crippen LogP contribution in [0.15, 0.2) is 24.3 Å². The van der Waals surface area contributed by atoms with Crippen LogP contribution in [0.1, 0.15) is 13.3 Å². The molecule has 1 saturated heterocycles. The third-order valence-corrected chi connectivity index (χ3v) is 3.45. The molecule has 19 heavy (non-hydrogen) atoms. The van der Waals surface area contributed by atoms with Crippen molar-refractivity contribution in [3.05, 3.63) is 30.1 Å². The van der Waals surface area contributed by atoms with Crippen molar-refractivity contribution in [1.29, 1.82) is 0 Å². The molecular formula is C14H18FNO3. The van der Waals surface area contributed by atoms with E-state index in [1.807, 2.05) is 6.92 Å². The molecule has 1 N–H and O–H groups in total. The molecule has 0 aromatic heterocycles. The molecule has 2 unspecified atom stereocenters. The van der Waals surface area contributed by atoms with E-state index in [9.17, 15) is 14.3 Å². The molecule has 4 nitrogen and oxygen atoms in total. The highest BCUT2D eigenvalue weighted by Gasteiger charge is 2.27. The molecular weight excluding hydrogens is 249 g/mol. The van der Waals surface area contributed by atoms with E-state index in [0.717, 1.165) is 6.42 Å². The first kappa shape index (κ1) is 13.8. The van der Waals surface area contributed by atoms with Crippen molar-refractivity contribution in [2.45, 2.75) is 19.4 Å². The van der Waals surface area contributed by atoms with Crippen molar-refractivity contribution in [2.24, 2.45) is 5.92 Å². The number of benzene rings is 1. The Kier molecular flexibility index (Phi) is 4.37. The van der Waals surface area contributed by atoms with Crippen molar-refractivity contribution in [2.75, 3.05) is 19.7 Å². The van der Waals surface area contributed by atoms with Gasteiger partial charge in [0.05, 0.1) is 6.10 Å². The second-order valence-corrected chi connectivity index (χ2v) is 4.92. The van der Waals surface area contributed by atoms with Crippen molar-refractivity contribution < 1.29 is 19.0 Å². The first-order valence-electron chi connectivity index (χ1n) is 6.40. The Morgan fingerprint density at radius 3 is 2.79 bits per heavy atom. The van der Waals surface area contributed by atoms with Crippen LogP contribution in [0.5, 0.6) is 5.75 Å². The lowest BCUT2D eigenvalue weighted by Crippen LogP contribution is -2.47. The Bertz CT molecular complexity index is 435. The number of aliphatic hydroxyl groups excluding tert-OH is 1. The van der Waals surface area contributed by atoms with Crippen LogP contribution in [-0.2, 0) is 4.79 Å². The normalized spacial score (nSPS) is 23.2. The number of aliphatic hydroxyl groups is 1. The fourth-order valence-electron chi connectivity index (χ4n) is 2.04. The van der Waals surface area contributed by atoms with Gasteiger partial charge in [-0.1, -0.05) is 6.92 Å². The van der Waals surface area contributed by atoms with Crippen LogP contribution < -0.4 is 4.74 Å². The Morgan fingerprint density at radius 1 is 1.47 bits per heavy atom. The number of β-amino-alcohol motifs (C(OH)–C–C–N with tert-alkyl or cyclic N) is 1. The first-order chi connectivity index (χ1) is 9.06. The molecule has 1 fully saturated rings. The van der Waals surface area contributed by atoms with Gasteiger partial charge >= 0.3 is 0 Å². The van der Waals surface area contributed by atoms with E-state index in [0.29, 0.717) is 18.8 Å². The zero-order chi connectivity index (χ0) is 13.8. The molecule has 104 valence electrons. The maximum Gasteiger partial charge on any atom is 0.260 e. The number of carbonyl (C=O) groups is 1. The Labute approximate surface area is 111 Å². The third kappa shape index (κ3) is 3.67. The second-order valence-electron chi connectivity index (χ2n) is 4.92. The minimum Gasteiger partial charge on any atom is -0.484 e. The SMILES string of the molecule is CC1CCN(C(=O)COc2ccc(F)cc2)CC1O. The zero-order valence-corrected chi connectivity index (χ0v) is 10.9. The summed E-state index contributed by atoms with van der Waals surface area (Å²) in [6.45, 7) is 2.88. The monoisotopic (exact) mass is 267 g/mol. The summed E-state index contributed by atoms with van der Waals surface area (Å²) in [5, 5.41) is 9.74. The number of ether oxygens (including phenoxy) is 1. The summed E-state index contributed by atoms with van der Waals surface area (Å²) in [5.74, 6) is 0.185. The van der Waals surface area contributed by atoms with Crippen molar-refractivity contribution in [3.8, 4) is 5.75 Å². The van der Waals surface area contributed by atoms with E-state index in [1.54, 1.807) is 4.90 Å². The molecule has 1 aromatic carbocycles. The number of amides is 1. The van der Waals surface area contributed by atoms with Gasteiger partial charge in [0.15, 0.2) is 6.61 Å². The van der Waals surface area contributed by atoms with Gasteiger partial charge in [0.25, 0.3) is 5.91 Å². The number of rotatable bonds is 3. The molecule has 1 aliphatic rings. The van der Waals surface area contributed by atoms with Crippen LogP contribution in [0.25, 0.3) is 0 Å². The molecule has 0 aliphatic carbocycles. The van der Waals surface area contributed by atoms with E-state index < -0.39 is 6.10 Å². The summed E-state index contributed by atoms with van der Waals surface area (Å²) in [5.41, 5.74) is 0. The fourth-order valence-corrected chi connectivity index (χ4v) is 2.04. The van der Waals surface area contributed by atoms with Crippen molar-refractivity contribution >= 4 is 5.91 Å². The van der Waals surface area contributed by atoms with Crippen LogP contribution in [0.2, 0.25) is 0 Å². The topological polar surface area (TPSA) is 49.8 Å². The van der Waals surface area contributed by atoms with Gasteiger partial charge in [-0.25, -0.2) is 4.39 Å². The van der Waals surface area contributed by atoms with E-state index in [4.69, 9.17) is 4.74 Å². The maximum absolute atomic E-state index is 12.7. The maximum atomic E-state index is 12.7. The summed E-state index contributed by atoms with van der Waals surface area (Å²) >= 11 is 0. The van der Waals surface area contributed by atoms with Gasteiger partial charge in [-0.2, -0.15) is 0 Å². The van der Waals surface area contributed by atoms with Crippen molar-refractivity contribution in [3.63, 3.8) is 0 Å². The van der Waals surface area contributed by atoms with E-state index in [1.165, 1.54) is 24.3 Å². The highest BCUT2D eigenvalue weighted by Crippen LogP contribution is 2.17. The summed E-state index contributed by atoms with van der Waals surface area (Å²) in [6.07, 6.45) is 0.326. The van der Waals surface area contributed by atoms with Crippen LogP contribution in [0.4, 0.5) is 4.39 Å². The van der Waals surface area contributed by atoms with Gasteiger partial charge in [-0.15, -0.1) is 0 Å². The fraction of sp³-hybridized carbons (Fsp3) is 0.500. The van der Waals surface area contributed by atoms with Crippen LogP contribution in [0, 0.1) is 11.7 Å². The number of halogens is 1. The molecule has 0 radical (unpaired) electrons. The quantitative estimate of drug-likeness (QED) is 0.901. The summed E-state index contributed by atoms with van der Waals surface area (Å²) in [4.78, 5) is 13.5. The molecule has 0 saturated carbocycles. The van der Waals surface area contributed by atoms with E-state index in [-0.39, 0.29) is 24.2 Å². The summed E-state index contributed by atoms with van der Waals surface area (Å²) in [7, 11) is 0. The average Bonchev–Trinajstić information content (AvgIpc) is 2.41. The van der Waals surface area contributed by atoms with Gasteiger partial charge in [0.2, 0.25) is 0 Å². The molecule has 1 aromatic rings. The molecule has 2 rings (SSSR count). The molecule has 1 aliphatic heterocycles. The number of nitrogens with zero attached hydrogens (tertiary/aromatic N) is 1. The van der Waals surface area contributed by atoms with Gasteiger partial charge in [-0.3, -0.25) is 4.79 Å². The molecule has 5 heteroatoms. The number of piperidine rings is 1. The lowest BCUT2D eigenvalue weighted by atomic mass is 9.96. The standard InChI is InChI=1S/C14H18FNO3/c1-10-6-7-16(8-13(10)17)14(18)9-19-12-4-2-11(15)3-5-12/h2-5,10,13,17H,6-9H2,1H3.